The van der Waals surface area contributed by atoms with E-state index in [1.165, 1.54) is 6.92 Å². The van der Waals surface area contributed by atoms with Gasteiger partial charge in [-0.25, -0.2) is 0 Å². The maximum atomic E-state index is 11.3. The summed E-state index contributed by atoms with van der Waals surface area (Å²) in [7, 11) is -3.41. The summed E-state index contributed by atoms with van der Waals surface area (Å²) >= 11 is 0. The van der Waals surface area contributed by atoms with Crippen LogP contribution in [-0.2, 0) is 9.22 Å². The zero-order valence-electron chi connectivity index (χ0n) is 10.0. The summed E-state index contributed by atoms with van der Waals surface area (Å²) in [5, 5.41) is 1.32. The third-order valence-corrected chi connectivity index (χ3v) is 5.44. The average molecular weight is 282 g/mol. The number of benzene rings is 2. The zero-order valence-corrected chi connectivity index (χ0v) is 11.0. The molecule has 0 bridgehead atoms. The molecular formula is C14H15NaO3Si. The molecule has 0 atom stereocenters. The summed E-state index contributed by atoms with van der Waals surface area (Å²) in [5.41, 5.74) is 0. The van der Waals surface area contributed by atoms with Gasteiger partial charge in [-0.3, -0.25) is 4.79 Å². The second kappa shape index (κ2) is 7.03. The first-order valence-electron chi connectivity index (χ1n) is 5.66. The molecule has 0 aliphatic carbocycles. The van der Waals surface area contributed by atoms with Crippen molar-refractivity contribution in [1.29, 1.82) is 0 Å². The van der Waals surface area contributed by atoms with Crippen LogP contribution in [0.25, 0.3) is 0 Å². The predicted molar refractivity (Wildman–Crippen MR) is 79.0 cm³/mol. The van der Waals surface area contributed by atoms with Crippen LogP contribution in [0.3, 0.4) is 0 Å². The molecule has 0 aliphatic rings. The van der Waals surface area contributed by atoms with Gasteiger partial charge in [-0.1, -0.05) is 60.7 Å². The molecule has 0 spiro atoms. The quantitative estimate of drug-likeness (QED) is 0.815. The molecule has 3 nitrogen and oxygen atoms in total. The van der Waals surface area contributed by atoms with Gasteiger partial charge in [0.05, 0.1) is 0 Å². The predicted octanol–water partition coefficient (Wildman–Crippen LogP) is 0.150. The van der Waals surface area contributed by atoms with E-state index in [0.717, 1.165) is 0 Å². The van der Waals surface area contributed by atoms with Gasteiger partial charge in [0, 0.05) is 17.3 Å². The minimum absolute atomic E-state index is 0. The number of carbonyl (C=O) groups excluding carboxylic acids is 1. The molecule has 19 heavy (non-hydrogen) atoms. The fraction of sp³-hybridized carbons (Fsp3) is 0.0714. The summed E-state index contributed by atoms with van der Waals surface area (Å²) in [5.74, 6) is -0.475. The molecule has 0 radical (unpaired) electrons. The van der Waals surface area contributed by atoms with Crippen molar-refractivity contribution in [1.82, 2.24) is 0 Å². The van der Waals surface area contributed by atoms with Gasteiger partial charge in [-0.15, -0.1) is 0 Å². The SMILES string of the molecule is CC(=O)O[Si](O)(c1ccccc1)c1ccccc1.[NaH]. The van der Waals surface area contributed by atoms with E-state index in [0.29, 0.717) is 10.4 Å². The minimum atomic E-state index is -3.41. The van der Waals surface area contributed by atoms with E-state index in [1.54, 1.807) is 24.3 Å². The molecule has 2 aromatic carbocycles. The fourth-order valence-corrected chi connectivity index (χ4v) is 4.09. The van der Waals surface area contributed by atoms with Crippen LogP contribution in [0.15, 0.2) is 60.7 Å². The molecule has 2 aromatic rings. The van der Waals surface area contributed by atoms with Crippen molar-refractivity contribution in [3.63, 3.8) is 0 Å². The molecular weight excluding hydrogens is 267 g/mol. The van der Waals surface area contributed by atoms with Crippen LogP contribution in [0, 0.1) is 0 Å². The van der Waals surface area contributed by atoms with Crippen molar-refractivity contribution >= 4 is 54.5 Å². The third kappa shape index (κ3) is 3.78. The molecule has 1 N–H and O–H groups in total. The van der Waals surface area contributed by atoms with Crippen molar-refractivity contribution in [3.8, 4) is 0 Å². The van der Waals surface area contributed by atoms with E-state index in [4.69, 9.17) is 4.43 Å². The Morgan fingerprint density at radius 3 is 1.63 bits per heavy atom. The zero-order chi connectivity index (χ0) is 13.0. The van der Waals surface area contributed by atoms with E-state index in [1.807, 2.05) is 36.4 Å². The van der Waals surface area contributed by atoms with Crippen molar-refractivity contribution in [2.45, 2.75) is 6.92 Å². The van der Waals surface area contributed by atoms with Crippen LogP contribution >= 0.6 is 0 Å². The van der Waals surface area contributed by atoms with Crippen LogP contribution in [0.4, 0.5) is 0 Å². The number of hydrogen-bond acceptors (Lipinski definition) is 3. The summed E-state index contributed by atoms with van der Waals surface area (Å²) in [4.78, 5) is 22.1. The molecule has 0 saturated heterocycles. The Balaban J connectivity index is 0.00000180. The Hall–Kier alpha value is -0.913. The van der Waals surface area contributed by atoms with Crippen LogP contribution in [-0.4, -0.2) is 48.9 Å². The second-order valence-corrected chi connectivity index (χ2v) is 6.62. The van der Waals surface area contributed by atoms with Crippen LogP contribution in [0.1, 0.15) is 6.92 Å². The van der Waals surface area contributed by atoms with Crippen molar-refractivity contribution in [2.24, 2.45) is 0 Å². The molecule has 94 valence electrons. The van der Waals surface area contributed by atoms with Gasteiger partial charge in [0.1, 0.15) is 0 Å². The van der Waals surface area contributed by atoms with E-state index in [9.17, 15) is 9.59 Å². The van der Waals surface area contributed by atoms with Gasteiger partial charge in [0.2, 0.25) is 0 Å². The van der Waals surface area contributed by atoms with Crippen molar-refractivity contribution in [3.05, 3.63) is 60.7 Å². The molecule has 0 saturated carbocycles. The summed E-state index contributed by atoms with van der Waals surface area (Å²) < 4.78 is 5.27. The first-order valence-corrected chi connectivity index (χ1v) is 7.51. The number of rotatable bonds is 3. The van der Waals surface area contributed by atoms with E-state index in [-0.39, 0.29) is 29.6 Å². The topological polar surface area (TPSA) is 46.5 Å². The standard InChI is InChI=1S/C14H14O3Si.Na.H/c1-12(15)17-18(16,13-8-4-2-5-9-13)14-10-6-3-7-11-14;;/h2-11,16H,1H3;;. The molecule has 0 aliphatic heterocycles. The van der Waals surface area contributed by atoms with Crippen molar-refractivity contribution in [2.75, 3.05) is 0 Å². The Morgan fingerprint density at radius 2 is 1.32 bits per heavy atom. The Kier molecular flexibility index (Phi) is 5.97. The maximum absolute atomic E-state index is 11.3. The van der Waals surface area contributed by atoms with Gasteiger partial charge in [-0.2, -0.15) is 0 Å². The first-order chi connectivity index (χ1) is 8.63. The average Bonchev–Trinajstić information content (AvgIpc) is 2.40. The Labute approximate surface area is 135 Å². The molecule has 0 fully saturated rings. The molecule has 0 heterocycles. The van der Waals surface area contributed by atoms with Gasteiger partial charge >= 0.3 is 38.1 Å². The molecule has 2 rings (SSSR count). The summed E-state index contributed by atoms with van der Waals surface area (Å²) in [6.07, 6.45) is 0. The molecule has 0 aromatic heterocycles. The number of hydrogen-bond donors (Lipinski definition) is 1. The van der Waals surface area contributed by atoms with Crippen molar-refractivity contribution < 1.29 is 14.0 Å². The fourth-order valence-electron chi connectivity index (χ4n) is 1.82. The molecule has 0 unspecified atom stereocenters. The first kappa shape index (κ1) is 16.1. The van der Waals surface area contributed by atoms with Crippen LogP contribution < -0.4 is 10.4 Å². The van der Waals surface area contributed by atoms with E-state index < -0.39 is 14.5 Å². The summed E-state index contributed by atoms with van der Waals surface area (Å²) in [6, 6.07) is 18.1. The molecule has 0 amide bonds. The van der Waals surface area contributed by atoms with Crippen LogP contribution in [0.2, 0.25) is 0 Å². The Morgan fingerprint density at radius 1 is 0.947 bits per heavy atom. The second-order valence-electron chi connectivity index (χ2n) is 3.97. The van der Waals surface area contributed by atoms with E-state index in [2.05, 4.69) is 0 Å². The number of carbonyl (C=O) groups is 1. The normalized spacial score (nSPS) is 10.4. The van der Waals surface area contributed by atoms with Gasteiger partial charge in [0.15, 0.2) is 0 Å². The third-order valence-electron chi connectivity index (χ3n) is 2.62. The molecule has 5 heteroatoms. The summed E-state index contributed by atoms with van der Waals surface area (Å²) in [6.45, 7) is 1.31. The van der Waals surface area contributed by atoms with Gasteiger partial charge in [-0.05, 0) is 0 Å². The monoisotopic (exact) mass is 282 g/mol. The Bertz CT molecular complexity index is 491. The van der Waals surface area contributed by atoms with Gasteiger partial charge in [0.25, 0.3) is 5.97 Å². The van der Waals surface area contributed by atoms with Crippen LogP contribution in [0.5, 0.6) is 0 Å². The van der Waals surface area contributed by atoms with Gasteiger partial charge < -0.3 is 9.22 Å². The van der Waals surface area contributed by atoms with E-state index >= 15 is 0 Å².